The van der Waals surface area contributed by atoms with E-state index in [0.717, 1.165) is 82.0 Å². The molecule has 0 bridgehead atoms. The molecule has 1 radical (unpaired) electrons. The number of hydrogen-bond donors (Lipinski definition) is 3. The van der Waals surface area contributed by atoms with Crippen LogP contribution in [0.15, 0.2) is 85.5 Å². The SMILES string of the molecule is C.C.C[C@@H]1CN(c2nc(-c3ccc4[nH]ncc4c3)nn3cccc23)C[C@H](C)O1.Cc1nc(N2C[C@@H](C)O[C@@H](C)C2)c2cccn2n1.O[B]Oc1ccc2[nH]ncc2c1. The molecule has 8 aromatic rings. The first-order valence-electron chi connectivity index (χ1n) is 18.7. The predicted molar refractivity (Wildman–Crippen MR) is 228 cm³/mol. The molecule has 3 N–H and O–H groups in total. The second-order valence-electron chi connectivity index (χ2n) is 14.3. The average Bonchev–Trinajstić information content (AvgIpc) is 4.01. The summed E-state index contributed by atoms with van der Waals surface area (Å²) < 4.78 is 20.2. The van der Waals surface area contributed by atoms with Crippen LogP contribution in [0.1, 0.15) is 48.4 Å². The van der Waals surface area contributed by atoms with Gasteiger partial charge < -0.3 is 29.0 Å². The number of nitrogens with one attached hydrogen (secondary N) is 2. The van der Waals surface area contributed by atoms with E-state index in [0.29, 0.717) is 19.3 Å². The summed E-state index contributed by atoms with van der Waals surface area (Å²) in [5.41, 5.74) is 5.00. The first-order valence-corrected chi connectivity index (χ1v) is 18.7. The van der Waals surface area contributed by atoms with Crippen molar-refractivity contribution in [3.63, 3.8) is 0 Å². The molecule has 2 saturated heterocycles. The molecule has 0 aliphatic carbocycles. The molecule has 0 saturated carbocycles. The summed E-state index contributed by atoms with van der Waals surface area (Å²) in [6.07, 6.45) is 8.26. The Morgan fingerprint density at radius 2 is 1.21 bits per heavy atom. The molecule has 2 fully saturated rings. The zero-order valence-electron chi connectivity index (χ0n) is 31.9. The van der Waals surface area contributed by atoms with Crippen molar-refractivity contribution in [1.29, 1.82) is 0 Å². The molecule has 6 aromatic heterocycles. The van der Waals surface area contributed by atoms with Crippen LogP contribution in [-0.2, 0) is 9.47 Å². The van der Waals surface area contributed by atoms with Gasteiger partial charge in [0.1, 0.15) is 22.6 Å². The van der Waals surface area contributed by atoms with Crippen LogP contribution in [0.2, 0.25) is 0 Å². The number of H-pyrrole nitrogens is 2. The number of benzene rings is 2. The first-order chi connectivity index (χ1) is 27.2. The fraction of sp³-hybridized carbons (Fsp3) is 0.366. The van der Waals surface area contributed by atoms with Crippen molar-refractivity contribution >= 4 is 52.2 Å². The number of aromatic nitrogens is 10. The summed E-state index contributed by atoms with van der Waals surface area (Å²) in [4.78, 5) is 14.1. The van der Waals surface area contributed by atoms with Crippen LogP contribution in [0.5, 0.6) is 5.75 Å². The van der Waals surface area contributed by atoms with Crippen molar-refractivity contribution in [2.75, 3.05) is 36.0 Å². The van der Waals surface area contributed by atoms with Crippen LogP contribution >= 0.6 is 0 Å². The monoisotopic (exact) mass is 787 g/mol. The molecule has 10 rings (SSSR count). The molecular weight excluding hydrogens is 735 g/mol. The molecule has 0 spiro atoms. The molecule has 2 aliphatic heterocycles. The van der Waals surface area contributed by atoms with E-state index in [2.05, 4.69) is 86.2 Å². The topological polar surface area (TPSA) is 172 Å². The number of aryl methyl sites for hydroxylation is 1. The second-order valence-corrected chi connectivity index (χ2v) is 14.3. The van der Waals surface area contributed by atoms with Gasteiger partial charge in [-0.05, 0) is 95.3 Å². The zero-order valence-corrected chi connectivity index (χ0v) is 31.9. The van der Waals surface area contributed by atoms with E-state index in [4.69, 9.17) is 29.2 Å². The highest BCUT2D eigenvalue weighted by molar-refractivity contribution is 6.17. The van der Waals surface area contributed by atoms with E-state index in [1.165, 1.54) is 0 Å². The lowest BCUT2D eigenvalue weighted by Crippen LogP contribution is -2.46. The molecule has 58 heavy (non-hydrogen) atoms. The molecular formula is C41H52BN12O4. The second kappa shape index (κ2) is 18.0. The van der Waals surface area contributed by atoms with E-state index in [9.17, 15) is 0 Å². The van der Waals surface area contributed by atoms with Crippen LogP contribution in [0, 0.1) is 6.92 Å². The van der Waals surface area contributed by atoms with Crippen molar-refractivity contribution < 1.29 is 19.2 Å². The van der Waals surface area contributed by atoms with Crippen LogP contribution < -0.4 is 14.5 Å². The number of hydrogen-bond acceptors (Lipinski definition) is 12. The molecule has 17 heteroatoms. The number of aromatic amines is 2. The Labute approximate surface area is 338 Å². The number of rotatable bonds is 5. The summed E-state index contributed by atoms with van der Waals surface area (Å²) in [7, 11) is 0.654. The highest BCUT2D eigenvalue weighted by Crippen LogP contribution is 2.28. The van der Waals surface area contributed by atoms with E-state index >= 15 is 0 Å². The van der Waals surface area contributed by atoms with Gasteiger partial charge in [-0.15, -0.1) is 5.10 Å². The molecule has 8 heterocycles. The van der Waals surface area contributed by atoms with Crippen molar-refractivity contribution in [2.45, 2.75) is 73.9 Å². The van der Waals surface area contributed by atoms with Crippen molar-refractivity contribution in [3.05, 3.63) is 91.3 Å². The van der Waals surface area contributed by atoms with E-state index in [1.807, 2.05) is 64.9 Å². The van der Waals surface area contributed by atoms with Gasteiger partial charge in [0, 0.05) is 54.9 Å². The van der Waals surface area contributed by atoms with Crippen molar-refractivity contribution in [1.82, 2.24) is 49.6 Å². The van der Waals surface area contributed by atoms with Gasteiger partial charge >= 0.3 is 7.69 Å². The number of anilines is 2. The third-order valence-corrected chi connectivity index (χ3v) is 9.59. The van der Waals surface area contributed by atoms with Crippen LogP contribution in [-0.4, -0.2) is 113 Å². The van der Waals surface area contributed by atoms with Gasteiger partial charge in [0.2, 0.25) is 0 Å². The average molecular weight is 788 g/mol. The summed E-state index contributed by atoms with van der Waals surface area (Å²) in [6.45, 7) is 13.7. The minimum Gasteiger partial charge on any atom is -0.537 e. The maximum Gasteiger partial charge on any atom is 0.569 e. The number of ether oxygens (including phenoxy) is 2. The van der Waals surface area contributed by atoms with Gasteiger partial charge in [0.25, 0.3) is 0 Å². The molecule has 2 aliphatic rings. The zero-order chi connectivity index (χ0) is 38.8. The van der Waals surface area contributed by atoms with E-state index in [1.54, 1.807) is 18.3 Å². The lowest BCUT2D eigenvalue weighted by molar-refractivity contribution is -0.00566. The standard InChI is InChI=1S/C19H20N6O.C13H18N4O.C7H6BN2O2.2CH4/c1-12-10-24(11-13(2)26-12)19-17-4-3-7-25(17)23-18(21-19)14-5-6-16-15(8-14)9-20-22-16;1-9-7-16(8-10(2)18-9)13-12-5-4-6-17(12)15-11(3)14-13;11-8-12-6-1-2-7-5(3-6)4-9-10-7;;/h3-9,12-13H,10-11H2,1-2H3,(H,20,22);4-6,9-10H,7-8H2,1-3H3;1-4,11H,(H,9,10);2*1H4/t12-,13+;9-,10+;;;. The van der Waals surface area contributed by atoms with Crippen LogP contribution in [0.4, 0.5) is 11.6 Å². The third kappa shape index (κ3) is 9.06. The highest BCUT2D eigenvalue weighted by Gasteiger charge is 2.27. The molecule has 4 atom stereocenters. The van der Waals surface area contributed by atoms with Crippen LogP contribution in [0.3, 0.4) is 0 Å². The summed E-state index contributed by atoms with van der Waals surface area (Å²) >= 11 is 0. The van der Waals surface area contributed by atoms with E-state index < -0.39 is 0 Å². The molecule has 2 aromatic carbocycles. The lowest BCUT2D eigenvalue weighted by Gasteiger charge is -2.36. The fourth-order valence-electron chi connectivity index (χ4n) is 7.37. The van der Waals surface area contributed by atoms with Crippen molar-refractivity contribution in [3.8, 4) is 17.1 Å². The van der Waals surface area contributed by atoms with Gasteiger partial charge in [-0.1, -0.05) is 14.9 Å². The quantitative estimate of drug-likeness (QED) is 0.167. The highest BCUT2D eigenvalue weighted by atomic mass is 16.5. The Hall–Kier alpha value is -6.04. The van der Waals surface area contributed by atoms with Crippen molar-refractivity contribution in [2.24, 2.45) is 0 Å². The Bertz CT molecular complexity index is 2550. The maximum atomic E-state index is 8.37. The molecule has 16 nitrogen and oxygen atoms in total. The smallest absolute Gasteiger partial charge is 0.537 e. The largest absolute Gasteiger partial charge is 0.569 e. The maximum absolute atomic E-state index is 8.37. The Kier molecular flexibility index (Phi) is 12.9. The van der Waals surface area contributed by atoms with Gasteiger partial charge in [-0.2, -0.15) is 15.3 Å². The number of fused-ring (bicyclic) bond motifs is 4. The van der Waals surface area contributed by atoms with Gasteiger partial charge in [0.05, 0.1) is 47.8 Å². The van der Waals surface area contributed by atoms with Crippen LogP contribution in [0.25, 0.3) is 44.2 Å². The first kappa shape index (κ1) is 41.6. The van der Waals surface area contributed by atoms with Gasteiger partial charge in [-0.25, -0.2) is 19.0 Å². The Morgan fingerprint density at radius 1 is 0.690 bits per heavy atom. The number of nitrogens with zero attached hydrogens (tertiary/aromatic N) is 10. The van der Waals surface area contributed by atoms with Gasteiger partial charge in [0.15, 0.2) is 17.5 Å². The fourth-order valence-corrected chi connectivity index (χ4v) is 7.37. The molecule has 0 unspecified atom stereocenters. The lowest BCUT2D eigenvalue weighted by atomic mass is 10.1. The number of morpholine rings is 2. The molecule has 303 valence electrons. The summed E-state index contributed by atoms with van der Waals surface area (Å²) in [6, 6.07) is 19.6. The Morgan fingerprint density at radius 3 is 1.78 bits per heavy atom. The normalized spacial score (nSPS) is 19.1. The predicted octanol–water partition coefficient (Wildman–Crippen LogP) is 6.28. The third-order valence-electron chi connectivity index (χ3n) is 9.59. The van der Waals surface area contributed by atoms with Gasteiger partial charge in [-0.3, -0.25) is 10.2 Å². The Balaban J connectivity index is 0.000000155. The summed E-state index contributed by atoms with van der Waals surface area (Å²) in [5.74, 6) is 4.05. The van der Waals surface area contributed by atoms with E-state index in [-0.39, 0.29) is 39.3 Å². The summed E-state index contributed by atoms with van der Waals surface area (Å²) in [5, 5.41) is 33.2. The molecule has 0 amide bonds. The minimum atomic E-state index is 0. The minimum absolute atomic E-state index is 0.